The Kier molecular flexibility index (Phi) is 3.05. The molecule has 18 heavy (non-hydrogen) atoms. The number of pyridine rings is 1. The molecule has 0 radical (unpaired) electrons. The smallest absolute Gasteiger partial charge is 0.338 e. The SMILES string of the molecule is Cc1nc2sc3c(c2c(I)c1C(=O)O)CCCC3. The molecule has 1 N–H and O–H groups in total. The summed E-state index contributed by atoms with van der Waals surface area (Å²) in [5, 5.41) is 10.4. The monoisotopic (exact) mass is 373 g/mol. The molecule has 0 amide bonds. The van der Waals surface area contributed by atoms with Crippen LogP contribution in [0.2, 0.25) is 0 Å². The second kappa shape index (κ2) is 4.45. The number of carboxylic acid groups (broad SMARTS) is 1. The van der Waals surface area contributed by atoms with Crippen molar-refractivity contribution < 1.29 is 9.90 Å². The fourth-order valence-electron chi connectivity index (χ4n) is 2.60. The number of aromatic nitrogens is 1. The van der Waals surface area contributed by atoms with Gasteiger partial charge in [-0.15, -0.1) is 11.3 Å². The molecule has 2 heterocycles. The molecular weight excluding hydrogens is 361 g/mol. The third kappa shape index (κ3) is 1.75. The molecule has 5 heteroatoms. The molecule has 0 spiro atoms. The zero-order valence-electron chi connectivity index (χ0n) is 9.92. The number of thiophene rings is 1. The normalized spacial score (nSPS) is 14.8. The molecule has 0 unspecified atom stereocenters. The van der Waals surface area contributed by atoms with Crippen LogP contribution in [0.25, 0.3) is 10.2 Å². The molecule has 0 saturated heterocycles. The maximum Gasteiger partial charge on any atom is 0.338 e. The number of nitrogens with zero attached hydrogens (tertiary/aromatic N) is 1. The van der Waals surface area contributed by atoms with Gasteiger partial charge in [-0.25, -0.2) is 9.78 Å². The second-order valence-electron chi connectivity index (χ2n) is 4.58. The van der Waals surface area contributed by atoms with Crippen molar-refractivity contribution in [2.75, 3.05) is 0 Å². The molecular formula is C13H12INO2S. The Morgan fingerprint density at radius 2 is 2.11 bits per heavy atom. The van der Waals surface area contributed by atoms with E-state index in [1.807, 2.05) is 0 Å². The van der Waals surface area contributed by atoms with E-state index in [0.29, 0.717) is 11.3 Å². The standard InChI is InChI=1S/C13H12INO2S/c1-6-9(13(16)17)11(14)10-7-4-2-3-5-8(7)18-12(10)15-6/h2-5H2,1H3,(H,16,17). The summed E-state index contributed by atoms with van der Waals surface area (Å²) in [6.07, 6.45) is 4.62. The number of hydrogen-bond donors (Lipinski definition) is 1. The highest BCUT2D eigenvalue weighted by Crippen LogP contribution is 2.39. The number of carboxylic acids is 1. The summed E-state index contributed by atoms with van der Waals surface area (Å²) in [5.74, 6) is -0.873. The lowest BCUT2D eigenvalue weighted by atomic mass is 9.96. The van der Waals surface area contributed by atoms with Crippen LogP contribution in [-0.4, -0.2) is 16.1 Å². The Hall–Kier alpha value is -0.690. The number of halogens is 1. The zero-order chi connectivity index (χ0) is 12.9. The molecule has 0 atom stereocenters. The molecule has 0 fully saturated rings. The van der Waals surface area contributed by atoms with E-state index in [2.05, 4.69) is 27.6 Å². The van der Waals surface area contributed by atoms with E-state index in [-0.39, 0.29) is 0 Å². The van der Waals surface area contributed by atoms with Crippen LogP contribution in [-0.2, 0) is 12.8 Å². The molecule has 0 aliphatic heterocycles. The molecule has 0 bridgehead atoms. The molecule has 94 valence electrons. The molecule has 1 aliphatic rings. The minimum absolute atomic E-state index is 0.370. The van der Waals surface area contributed by atoms with Gasteiger partial charge in [0, 0.05) is 13.8 Å². The van der Waals surface area contributed by atoms with Crippen LogP contribution in [0, 0.1) is 10.5 Å². The minimum atomic E-state index is -0.873. The summed E-state index contributed by atoms with van der Waals surface area (Å²) in [7, 11) is 0. The van der Waals surface area contributed by atoms with Gasteiger partial charge < -0.3 is 5.11 Å². The molecule has 0 aromatic carbocycles. The average Bonchev–Trinajstić information content (AvgIpc) is 2.66. The first-order valence-corrected chi connectivity index (χ1v) is 7.82. The van der Waals surface area contributed by atoms with Gasteiger partial charge >= 0.3 is 5.97 Å². The fourth-order valence-corrected chi connectivity index (χ4v) is 5.30. The third-order valence-electron chi connectivity index (χ3n) is 3.44. The van der Waals surface area contributed by atoms with Gasteiger partial charge in [0.25, 0.3) is 0 Å². The van der Waals surface area contributed by atoms with Gasteiger partial charge in [0.05, 0.1) is 11.3 Å². The van der Waals surface area contributed by atoms with Crippen LogP contribution >= 0.6 is 33.9 Å². The maximum atomic E-state index is 11.3. The highest BCUT2D eigenvalue weighted by molar-refractivity contribution is 14.1. The Labute approximate surface area is 122 Å². The van der Waals surface area contributed by atoms with Crippen molar-refractivity contribution >= 4 is 50.1 Å². The van der Waals surface area contributed by atoms with Gasteiger partial charge in [-0.3, -0.25) is 0 Å². The van der Waals surface area contributed by atoms with E-state index in [1.165, 1.54) is 23.3 Å². The lowest BCUT2D eigenvalue weighted by Crippen LogP contribution is -2.06. The molecule has 3 rings (SSSR count). The molecule has 1 aliphatic carbocycles. The van der Waals surface area contributed by atoms with Crippen molar-refractivity contribution in [3.05, 3.63) is 25.3 Å². The van der Waals surface area contributed by atoms with E-state index in [1.54, 1.807) is 18.3 Å². The first-order chi connectivity index (χ1) is 8.59. The van der Waals surface area contributed by atoms with Gasteiger partial charge in [-0.05, 0) is 60.8 Å². The average molecular weight is 373 g/mol. The van der Waals surface area contributed by atoms with Gasteiger partial charge in [0.15, 0.2) is 0 Å². The molecule has 0 saturated carbocycles. The van der Waals surface area contributed by atoms with E-state index in [9.17, 15) is 9.90 Å². The fraction of sp³-hybridized carbons (Fsp3) is 0.385. The Balaban J connectivity index is 2.39. The Bertz CT molecular complexity index is 663. The van der Waals surface area contributed by atoms with Crippen LogP contribution in [0.15, 0.2) is 0 Å². The van der Waals surface area contributed by atoms with Crippen molar-refractivity contribution in [2.45, 2.75) is 32.6 Å². The number of carbonyl (C=O) groups is 1. The summed E-state index contributed by atoms with van der Waals surface area (Å²) in [5.41, 5.74) is 2.34. The summed E-state index contributed by atoms with van der Waals surface area (Å²) >= 11 is 3.91. The highest BCUT2D eigenvalue weighted by Gasteiger charge is 2.23. The van der Waals surface area contributed by atoms with Crippen molar-refractivity contribution in [1.82, 2.24) is 4.98 Å². The van der Waals surface area contributed by atoms with E-state index in [0.717, 1.165) is 26.6 Å². The van der Waals surface area contributed by atoms with Crippen molar-refractivity contribution in [1.29, 1.82) is 0 Å². The largest absolute Gasteiger partial charge is 0.478 e. The highest BCUT2D eigenvalue weighted by atomic mass is 127. The summed E-state index contributed by atoms with van der Waals surface area (Å²) in [4.78, 5) is 18.2. The molecule has 2 aromatic rings. The summed E-state index contributed by atoms with van der Waals surface area (Å²) in [6.45, 7) is 1.78. The number of fused-ring (bicyclic) bond motifs is 3. The van der Waals surface area contributed by atoms with Crippen LogP contribution < -0.4 is 0 Å². The zero-order valence-corrected chi connectivity index (χ0v) is 12.9. The van der Waals surface area contributed by atoms with Gasteiger partial charge in [0.2, 0.25) is 0 Å². The van der Waals surface area contributed by atoms with Gasteiger partial charge in [-0.1, -0.05) is 0 Å². The number of hydrogen-bond acceptors (Lipinski definition) is 3. The quantitative estimate of drug-likeness (QED) is 0.774. The lowest BCUT2D eigenvalue weighted by molar-refractivity contribution is 0.0694. The van der Waals surface area contributed by atoms with E-state index < -0.39 is 5.97 Å². The van der Waals surface area contributed by atoms with E-state index in [4.69, 9.17) is 0 Å². The number of rotatable bonds is 1. The van der Waals surface area contributed by atoms with Crippen LogP contribution in [0.5, 0.6) is 0 Å². The van der Waals surface area contributed by atoms with Crippen LogP contribution in [0.1, 0.15) is 39.3 Å². The van der Waals surface area contributed by atoms with Crippen molar-refractivity contribution in [2.24, 2.45) is 0 Å². The van der Waals surface area contributed by atoms with Crippen LogP contribution in [0.4, 0.5) is 0 Å². The minimum Gasteiger partial charge on any atom is -0.478 e. The molecule has 3 nitrogen and oxygen atoms in total. The Morgan fingerprint density at radius 3 is 2.83 bits per heavy atom. The van der Waals surface area contributed by atoms with Crippen molar-refractivity contribution in [3.8, 4) is 0 Å². The Morgan fingerprint density at radius 1 is 1.39 bits per heavy atom. The molecule has 2 aromatic heterocycles. The first-order valence-electron chi connectivity index (χ1n) is 5.93. The predicted octanol–water partition coefficient (Wildman–Crippen LogP) is 3.79. The number of aryl methyl sites for hydroxylation is 3. The summed E-state index contributed by atoms with van der Waals surface area (Å²) < 4.78 is 0.863. The summed E-state index contributed by atoms with van der Waals surface area (Å²) in [6, 6.07) is 0. The van der Waals surface area contributed by atoms with Gasteiger partial charge in [0.1, 0.15) is 4.83 Å². The van der Waals surface area contributed by atoms with Crippen LogP contribution in [0.3, 0.4) is 0 Å². The van der Waals surface area contributed by atoms with Gasteiger partial charge in [-0.2, -0.15) is 0 Å². The van der Waals surface area contributed by atoms with E-state index >= 15 is 0 Å². The second-order valence-corrected chi connectivity index (χ2v) is 6.74. The van der Waals surface area contributed by atoms with Crippen molar-refractivity contribution in [3.63, 3.8) is 0 Å². The third-order valence-corrected chi connectivity index (χ3v) is 5.70. The first kappa shape index (κ1) is 12.3. The maximum absolute atomic E-state index is 11.3. The number of aromatic carboxylic acids is 1. The predicted molar refractivity (Wildman–Crippen MR) is 80.7 cm³/mol. The topological polar surface area (TPSA) is 50.2 Å². The lowest BCUT2D eigenvalue weighted by Gasteiger charge is -2.11.